The molecule has 0 aromatic carbocycles. The number of unbranched alkanes of at least 4 members (excludes halogenated alkanes) is 3. The molecule has 1 aliphatic rings. The van der Waals surface area contributed by atoms with Crippen LogP contribution in [0.4, 0.5) is 0 Å². The van der Waals surface area contributed by atoms with E-state index in [9.17, 15) is 58.2 Å². The van der Waals surface area contributed by atoms with Crippen molar-refractivity contribution < 1.29 is 58.2 Å². The zero-order valence-electron chi connectivity index (χ0n) is 38.2. The third-order valence-corrected chi connectivity index (χ3v) is 12.6. The van der Waals surface area contributed by atoms with Gasteiger partial charge in [-0.15, -0.1) is 0 Å². The Morgan fingerprint density at radius 3 is 1.30 bits per heavy atom. The number of hydrogen-bond donors (Lipinski definition) is 14. The van der Waals surface area contributed by atoms with Gasteiger partial charge in [0.1, 0.15) is 48.3 Å². The van der Waals surface area contributed by atoms with Gasteiger partial charge in [0.25, 0.3) is 0 Å². The van der Waals surface area contributed by atoms with Crippen molar-refractivity contribution in [2.45, 2.75) is 153 Å². The van der Waals surface area contributed by atoms with Crippen LogP contribution in [0.1, 0.15) is 98.3 Å². The molecule has 9 atom stereocenters. The lowest BCUT2D eigenvalue weighted by atomic mass is 10.0. The lowest BCUT2D eigenvalue weighted by Gasteiger charge is -2.27. The molecule has 66 heavy (non-hydrogen) atoms. The van der Waals surface area contributed by atoms with E-state index in [0.29, 0.717) is 38.5 Å². The minimum absolute atomic E-state index is 0.0226. The summed E-state index contributed by atoms with van der Waals surface area (Å²) in [6.07, 6.45) is 1.71. The molecule has 0 aliphatic carbocycles. The van der Waals surface area contributed by atoms with Crippen LogP contribution in [-0.4, -0.2) is 155 Å². The molecule has 1 saturated heterocycles. The standard InChI is InChI=1S/C40H72N12O12S2/c1-21(2)17-28-38(61)48-25(11-5-8-14-41)35(58)46-23(4)33(56)50-29(18-31(53)54)39(62)49-26(12-6-9-15-42)36(59)45-22(3)32(55)47-27(13-7-10-16-43)37(60)52-30(40(63)64)20-66-65-19-24(44)34(57)51-28/h21-30H,5-20,41-44H2,1-4H3,(H,45,59)(H,46,58)(H,47,55)(H,48,61)(H,49,62)(H,50,56)(H,51,57)(H,52,60)(H,53,54)(H,63,64)/t22-,23-,24-,25-,26-,27-,28-,29-,30-/m0/s1. The fourth-order valence-corrected chi connectivity index (χ4v) is 8.59. The number of rotatable bonds is 17. The van der Waals surface area contributed by atoms with Gasteiger partial charge < -0.3 is 75.7 Å². The molecule has 1 fully saturated rings. The van der Waals surface area contributed by atoms with Crippen LogP contribution in [0, 0.1) is 5.92 Å². The second kappa shape index (κ2) is 32.0. The number of carboxylic acid groups (broad SMARTS) is 2. The fraction of sp³-hybridized carbons (Fsp3) is 0.750. The molecule has 376 valence electrons. The van der Waals surface area contributed by atoms with E-state index in [1.165, 1.54) is 13.8 Å². The van der Waals surface area contributed by atoms with E-state index < -0.39 is 120 Å². The van der Waals surface area contributed by atoms with Crippen LogP contribution >= 0.6 is 21.6 Å². The van der Waals surface area contributed by atoms with Crippen LogP contribution in [0.25, 0.3) is 0 Å². The predicted octanol–water partition coefficient (Wildman–Crippen LogP) is -3.38. The Morgan fingerprint density at radius 2 is 0.894 bits per heavy atom. The topological polar surface area (TPSA) is 411 Å². The predicted molar refractivity (Wildman–Crippen MR) is 248 cm³/mol. The van der Waals surface area contributed by atoms with Gasteiger partial charge in [0.15, 0.2) is 0 Å². The van der Waals surface area contributed by atoms with Gasteiger partial charge in [-0.3, -0.25) is 43.2 Å². The molecule has 0 unspecified atom stereocenters. The summed E-state index contributed by atoms with van der Waals surface area (Å²) in [5.41, 5.74) is 23.1. The van der Waals surface area contributed by atoms with Crippen LogP contribution in [0.5, 0.6) is 0 Å². The summed E-state index contributed by atoms with van der Waals surface area (Å²) in [5.74, 6) is -10.1. The molecular formula is C40H72N12O12S2. The van der Waals surface area contributed by atoms with E-state index in [0.717, 1.165) is 21.6 Å². The molecule has 1 rings (SSSR count). The van der Waals surface area contributed by atoms with E-state index in [-0.39, 0.29) is 62.7 Å². The largest absolute Gasteiger partial charge is 0.481 e. The highest BCUT2D eigenvalue weighted by Crippen LogP contribution is 2.23. The normalized spacial score (nSPS) is 26.7. The Balaban J connectivity index is 3.68. The van der Waals surface area contributed by atoms with Crippen LogP contribution < -0.4 is 65.5 Å². The Bertz CT molecular complexity index is 1650. The third kappa shape index (κ3) is 23.1. The second-order valence-corrected chi connectivity index (χ2v) is 19.0. The highest BCUT2D eigenvalue weighted by molar-refractivity contribution is 8.76. The summed E-state index contributed by atoms with van der Waals surface area (Å²) in [7, 11) is 2.05. The van der Waals surface area contributed by atoms with Crippen molar-refractivity contribution in [1.29, 1.82) is 0 Å². The van der Waals surface area contributed by atoms with Crippen molar-refractivity contribution in [3.05, 3.63) is 0 Å². The lowest BCUT2D eigenvalue weighted by molar-refractivity contribution is -0.142. The van der Waals surface area contributed by atoms with Gasteiger partial charge in [0.2, 0.25) is 47.3 Å². The van der Waals surface area contributed by atoms with Crippen LogP contribution in [-0.2, 0) is 47.9 Å². The van der Waals surface area contributed by atoms with Crippen LogP contribution in [0.15, 0.2) is 0 Å². The average Bonchev–Trinajstić information content (AvgIpc) is 3.24. The first-order valence-electron chi connectivity index (χ1n) is 22.1. The van der Waals surface area contributed by atoms with Gasteiger partial charge in [-0.2, -0.15) is 0 Å². The van der Waals surface area contributed by atoms with Gasteiger partial charge in [-0.05, 0) is 104 Å². The van der Waals surface area contributed by atoms with Gasteiger partial charge >= 0.3 is 11.9 Å². The van der Waals surface area contributed by atoms with Crippen molar-refractivity contribution in [3.63, 3.8) is 0 Å². The maximum atomic E-state index is 13.7. The smallest absolute Gasteiger partial charge is 0.327 e. The number of carboxylic acids is 2. The zero-order chi connectivity index (χ0) is 49.9. The summed E-state index contributed by atoms with van der Waals surface area (Å²) >= 11 is 0. The molecule has 24 nitrogen and oxygen atoms in total. The second-order valence-electron chi connectivity index (χ2n) is 16.4. The number of nitrogens with one attached hydrogen (secondary N) is 8. The minimum Gasteiger partial charge on any atom is -0.481 e. The highest BCUT2D eigenvalue weighted by Gasteiger charge is 2.34. The summed E-state index contributed by atoms with van der Waals surface area (Å²) in [4.78, 5) is 132. The Labute approximate surface area is 393 Å². The van der Waals surface area contributed by atoms with E-state index in [2.05, 4.69) is 42.5 Å². The van der Waals surface area contributed by atoms with Gasteiger partial charge in [0, 0.05) is 11.5 Å². The zero-order valence-corrected chi connectivity index (χ0v) is 39.8. The van der Waals surface area contributed by atoms with Crippen molar-refractivity contribution in [3.8, 4) is 0 Å². The number of nitrogens with two attached hydrogens (primary N) is 4. The van der Waals surface area contributed by atoms with E-state index >= 15 is 0 Å². The first-order valence-corrected chi connectivity index (χ1v) is 24.6. The molecular weight excluding hydrogens is 905 g/mol. The van der Waals surface area contributed by atoms with Crippen molar-refractivity contribution in [1.82, 2.24) is 42.5 Å². The lowest BCUT2D eigenvalue weighted by Crippen LogP contribution is -2.60. The molecule has 18 N–H and O–H groups in total. The SMILES string of the molecule is CC(C)C[C@@H]1NC(=O)[C@@H](N)CSSC[C@@H](C(=O)O)NC(=O)[C@H](CCCCN)NC(=O)[C@H](C)NC(=O)[C@H](CCCCN)NC(=O)[C@H](CC(=O)O)NC(=O)[C@H](C)NC(=O)[C@H](CCCCN)NC1=O. The molecule has 8 amide bonds. The Morgan fingerprint density at radius 1 is 0.530 bits per heavy atom. The number of aliphatic carboxylic acids is 2. The molecule has 1 aliphatic heterocycles. The molecule has 0 aromatic rings. The summed E-state index contributed by atoms with van der Waals surface area (Å²) in [6, 6.07) is -12.1. The first kappa shape index (κ1) is 59.3. The van der Waals surface area contributed by atoms with Gasteiger partial charge in [-0.1, -0.05) is 35.4 Å². The number of carbonyl (C=O) groups is 10. The molecule has 1 heterocycles. The van der Waals surface area contributed by atoms with Crippen LogP contribution in [0.2, 0.25) is 0 Å². The first-order chi connectivity index (χ1) is 31.1. The summed E-state index contributed by atoms with van der Waals surface area (Å²) < 4.78 is 0. The number of hydrogen-bond acceptors (Lipinski definition) is 16. The average molecular weight is 977 g/mol. The molecule has 0 aromatic heterocycles. The maximum Gasteiger partial charge on any atom is 0.327 e. The summed E-state index contributed by atoms with van der Waals surface area (Å²) in [5, 5.41) is 39.6. The number of amides is 8. The van der Waals surface area contributed by atoms with Gasteiger partial charge in [-0.25, -0.2) is 4.79 Å². The van der Waals surface area contributed by atoms with E-state index in [1.807, 2.05) is 0 Å². The monoisotopic (exact) mass is 976 g/mol. The molecule has 0 saturated carbocycles. The Kier molecular flexibility index (Phi) is 28.8. The van der Waals surface area contributed by atoms with E-state index in [1.54, 1.807) is 13.8 Å². The minimum atomic E-state index is -1.76. The van der Waals surface area contributed by atoms with Gasteiger partial charge in [0.05, 0.1) is 12.5 Å². The van der Waals surface area contributed by atoms with E-state index in [4.69, 9.17) is 22.9 Å². The summed E-state index contributed by atoms with van der Waals surface area (Å²) in [6.45, 7) is 6.97. The quantitative estimate of drug-likeness (QED) is 0.0499. The van der Waals surface area contributed by atoms with Crippen molar-refractivity contribution >= 4 is 80.8 Å². The number of carbonyl (C=O) groups excluding carboxylic acids is 8. The fourth-order valence-electron chi connectivity index (χ4n) is 6.31. The van der Waals surface area contributed by atoms with Crippen molar-refractivity contribution in [2.75, 3.05) is 31.1 Å². The van der Waals surface area contributed by atoms with Crippen molar-refractivity contribution in [2.24, 2.45) is 28.9 Å². The molecule has 0 radical (unpaired) electrons. The Hall–Kier alpha value is -4.76. The molecule has 0 spiro atoms. The van der Waals surface area contributed by atoms with Crippen LogP contribution in [0.3, 0.4) is 0 Å². The third-order valence-electron chi connectivity index (χ3n) is 10.1. The highest BCUT2D eigenvalue weighted by atomic mass is 33.1. The maximum absolute atomic E-state index is 13.7. The molecule has 26 heteroatoms. The molecule has 0 bridgehead atoms.